The highest BCUT2D eigenvalue weighted by Gasteiger charge is 2.21. The van der Waals surface area contributed by atoms with Gasteiger partial charge in [-0.3, -0.25) is 10.1 Å². The molecule has 0 amide bonds. The fourth-order valence-corrected chi connectivity index (χ4v) is 1.64. The van der Waals surface area contributed by atoms with Crippen molar-refractivity contribution < 1.29 is 4.92 Å². The van der Waals surface area contributed by atoms with Crippen LogP contribution in [0.15, 0.2) is 12.3 Å². The number of fused-ring (bicyclic) bond motifs is 1. The largest absolute Gasteiger partial charge is 0.370 e. The Balaban J connectivity index is 2.49. The molecule has 0 saturated carbocycles. The summed E-state index contributed by atoms with van der Waals surface area (Å²) in [5.74, 6) is 0.800. The van der Waals surface area contributed by atoms with Crippen molar-refractivity contribution in [3.05, 3.63) is 22.4 Å². The van der Waals surface area contributed by atoms with Crippen molar-refractivity contribution in [1.29, 1.82) is 0 Å². The first-order valence-corrected chi connectivity index (χ1v) is 4.66. The van der Waals surface area contributed by atoms with Crippen LogP contribution in [0.25, 0.3) is 0 Å². The standard InChI is InChI=1S/C9H12N4O2/c1-11-3-4-12(2)9-8(11)5-7(6-10-9)13(14)15/h5-6H,3-4H2,1-2H3. The first kappa shape index (κ1) is 9.70. The maximum Gasteiger partial charge on any atom is 0.289 e. The van der Waals surface area contributed by atoms with Crippen molar-refractivity contribution in [2.45, 2.75) is 0 Å². The molecule has 0 fully saturated rings. The Morgan fingerprint density at radius 3 is 2.73 bits per heavy atom. The molecule has 6 nitrogen and oxygen atoms in total. The van der Waals surface area contributed by atoms with E-state index in [0.717, 1.165) is 24.6 Å². The molecule has 1 aliphatic heterocycles. The van der Waals surface area contributed by atoms with Crippen LogP contribution >= 0.6 is 0 Å². The predicted octanol–water partition coefficient (Wildman–Crippen LogP) is 0.876. The molecule has 80 valence electrons. The Morgan fingerprint density at radius 2 is 2.07 bits per heavy atom. The molecule has 0 bridgehead atoms. The Labute approximate surface area is 87.3 Å². The second-order valence-electron chi connectivity index (χ2n) is 3.64. The van der Waals surface area contributed by atoms with Crippen molar-refractivity contribution >= 4 is 17.2 Å². The quantitative estimate of drug-likeness (QED) is 0.506. The van der Waals surface area contributed by atoms with E-state index in [9.17, 15) is 10.1 Å². The number of hydrogen-bond acceptors (Lipinski definition) is 5. The summed E-state index contributed by atoms with van der Waals surface area (Å²) >= 11 is 0. The maximum atomic E-state index is 10.6. The van der Waals surface area contributed by atoms with Gasteiger partial charge in [0.1, 0.15) is 6.20 Å². The number of anilines is 2. The zero-order valence-corrected chi connectivity index (χ0v) is 8.67. The number of nitro groups is 1. The lowest BCUT2D eigenvalue weighted by molar-refractivity contribution is -0.385. The minimum Gasteiger partial charge on any atom is -0.370 e. The molecule has 2 heterocycles. The summed E-state index contributed by atoms with van der Waals surface area (Å²) in [5, 5.41) is 10.6. The van der Waals surface area contributed by atoms with Gasteiger partial charge in [0.15, 0.2) is 5.82 Å². The zero-order chi connectivity index (χ0) is 11.0. The molecule has 0 saturated heterocycles. The molecule has 0 spiro atoms. The van der Waals surface area contributed by atoms with Crippen LogP contribution in [0.2, 0.25) is 0 Å². The molecule has 1 aromatic rings. The molecular weight excluding hydrogens is 196 g/mol. The minimum atomic E-state index is -0.421. The van der Waals surface area contributed by atoms with Gasteiger partial charge in [-0.1, -0.05) is 0 Å². The smallest absolute Gasteiger partial charge is 0.289 e. The van der Waals surface area contributed by atoms with Crippen LogP contribution in [0, 0.1) is 10.1 Å². The lowest BCUT2D eigenvalue weighted by atomic mass is 10.2. The summed E-state index contributed by atoms with van der Waals surface area (Å²) in [6, 6.07) is 1.57. The van der Waals surface area contributed by atoms with Crippen LogP contribution in [0.4, 0.5) is 17.2 Å². The van der Waals surface area contributed by atoms with Gasteiger partial charge in [0.05, 0.1) is 10.6 Å². The number of aromatic nitrogens is 1. The molecule has 15 heavy (non-hydrogen) atoms. The van der Waals surface area contributed by atoms with Gasteiger partial charge < -0.3 is 9.80 Å². The van der Waals surface area contributed by atoms with E-state index < -0.39 is 4.92 Å². The van der Waals surface area contributed by atoms with Crippen LogP contribution in [0.5, 0.6) is 0 Å². The van der Waals surface area contributed by atoms with E-state index >= 15 is 0 Å². The van der Waals surface area contributed by atoms with Crippen LogP contribution in [-0.4, -0.2) is 37.1 Å². The van der Waals surface area contributed by atoms with Gasteiger partial charge in [-0.25, -0.2) is 4.98 Å². The second-order valence-corrected chi connectivity index (χ2v) is 3.64. The summed E-state index contributed by atoms with van der Waals surface area (Å²) in [5.41, 5.74) is 0.855. The lowest BCUT2D eigenvalue weighted by Crippen LogP contribution is -2.37. The third kappa shape index (κ3) is 1.58. The molecule has 0 atom stereocenters. The fraction of sp³-hybridized carbons (Fsp3) is 0.444. The van der Waals surface area contributed by atoms with Crippen LogP contribution in [-0.2, 0) is 0 Å². The van der Waals surface area contributed by atoms with E-state index in [1.54, 1.807) is 6.07 Å². The third-order valence-corrected chi connectivity index (χ3v) is 2.59. The molecule has 0 unspecified atom stereocenters. The highest BCUT2D eigenvalue weighted by atomic mass is 16.6. The molecule has 6 heteroatoms. The molecule has 1 aliphatic rings. The molecule has 0 aliphatic carbocycles. The summed E-state index contributed by atoms with van der Waals surface area (Å²) in [4.78, 5) is 18.3. The van der Waals surface area contributed by atoms with Crippen LogP contribution in [0.3, 0.4) is 0 Å². The van der Waals surface area contributed by atoms with Crippen molar-refractivity contribution in [2.24, 2.45) is 0 Å². The first-order chi connectivity index (χ1) is 7.09. The Kier molecular flexibility index (Phi) is 2.18. The van der Waals surface area contributed by atoms with Crippen molar-refractivity contribution in [3.8, 4) is 0 Å². The third-order valence-electron chi connectivity index (χ3n) is 2.59. The summed E-state index contributed by atoms with van der Waals surface area (Å²) in [7, 11) is 3.85. The predicted molar refractivity (Wildman–Crippen MR) is 57.4 cm³/mol. The van der Waals surface area contributed by atoms with E-state index in [2.05, 4.69) is 4.98 Å². The molecule has 2 rings (SSSR count). The summed E-state index contributed by atoms with van der Waals surface area (Å²) in [6.45, 7) is 1.74. The number of pyridine rings is 1. The van der Waals surface area contributed by atoms with Crippen LogP contribution < -0.4 is 9.80 Å². The van der Waals surface area contributed by atoms with Gasteiger partial charge in [0.2, 0.25) is 0 Å². The van der Waals surface area contributed by atoms with Crippen molar-refractivity contribution in [2.75, 3.05) is 37.0 Å². The van der Waals surface area contributed by atoms with Gasteiger partial charge in [-0.05, 0) is 0 Å². The van der Waals surface area contributed by atoms with Gasteiger partial charge >= 0.3 is 0 Å². The molecule has 1 aromatic heterocycles. The topological polar surface area (TPSA) is 62.5 Å². The van der Waals surface area contributed by atoms with E-state index in [1.807, 2.05) is 23.9 Å². The van der Waals surface area contributed by atoms with E-state index in [4.69, 9.17) is 0 Å². The highest BCUT2D eigenvalue weighted by Crippen LogP contribution is 2.31. The molecule has 0 N–H and O–H groups in total. The first-order valence-electron chi connectivity index (χ1n) is 4.66. The maximum absolute atomic E-state index is 10.6. The summed E-state index contributed by atoms with van der Waals surface area (Å²) < 4.78 is 0. The molecule has 0 radical (unpaired) electrons. The average Bonchev–Trinajstić information content (AvgIpc) is 2.23. The van der Waals surface area contributed by atoms with Gasteiger partial charge in [0, 0.05) is 33.3 Å². The summed E-state index contributed by atoms with van der Waals surface area (Å²) in [6.07, 6.45) is 1.30. The lowest BCUT2D eigenvalue weighted by Gasteiger charge is -2.33. The number of rotatable bonds is 1. The monoisotopic (exact) mass is 208 g/mol. The van der Waals surface area contributed by atoms with Crippen LogP contribution in [0.1, 0.15) is 0 Å². The minimum absolute atomic E-state index is 0.0379. The number of likely N-dealkylation sites (N-methyl/N-ethyl adjacent to an activating group) is 2. The van der Waals surface area contributed by atoms with Gasteiger partial charge in [0.25, 0.3) is 5.69 Å². The fourth-order valence-electron chi connectivity index (χ4n) is 1.64. The Morgan fingerprint density at radius 1 is 1.40 bits per heavy atom. The van der Waals surface area contributed by atoms with Gasteiger partial charge in [-0.15, -0.1) is 0 Å². The normalized spacial score (nSPS) is 15.1. The Bertz CT molecular complexity index is 407. The van der Waals surface area contributed by atoms with E-state index in [1.165, 1.54) is 6.20 Å². The zero-order valence-electron chi connectivity index (χ0n) is 8.67. The number of nitrogens with zero attached hydrogens (tertiary/aromatic N) is 4. The van der Waals surface area contributed by atoms with E-state index in [0.29, 0.717) is 0 Å². The molecule has 0 aromatic carbocycles. The Hall–Kier alpha value is -1.85. The average molecular weight is 208 g/mol. The molecular formula is C9H12N4O2. The SMILES string of the molecule is CN1CCN(C)c2ncc([N+](=O)[O-])cc21. The highest BCUT2D eigenvalue weighted by molar-refractivity contribution is 5.71. The van der Waals surface area contributed by atoms with E-state index in [-0.39, 0.29) is 5.69 Å². The van der Waals surface area contributed by atoms with Crippen molar-refractivity contribution in [3.63, 3.8) is 0 Å². The van der Waals surface area contributed by atoms with Gasteiger partial charge in [-0.2, -0.15) is 0 Å². The van der Waals surface area contributed by atoms with Crippen molar-refractivity contribution in [1.82, 2.24) is 4.98 Å². The second kappa shape index (κ2) is 3.38. The number of hydrogen-bond donors (Lipinski definition) is 0.